The van der Waals surface area contributed by atoms with Crippen LogP contribution in [0.15, 0.2) is 60.7 Å². The number of morpholine rings is 1. The third-order valence-corrected chi connectivity index (χ3v) is 7.95. The first kappa shape index (κ1) is 28.6. The van der Waals surface area contributed by atoms with Gasteiger partial charge in [-0.1, -0.05) is 29.8 Å². The summed E-state index contributed by atoms with van der Waals surface area (Å²) in [5.74, 6) is -2.93. The lowest BCUT2D eigenvalue weighted by molar-refractivity contribution is -0.160. The second-order valence-electron chi connectivity index (χ2n) is 10.5. The molecule has 0 aromatic heterocycles. The van der Waals surface area contributed by atoms with Crippen molar-refractivity contribution in [3.63, 3.8) is 0 Å². The maximum Gasteiger partial charge on any atom is 0.225 e. The van der Waals surface area contributed by atoms with Crippen LogP contribution in [0.1, 0.15) is 48.3 Å². The molecule has 0 aliphatic carbocycles. The van der Waals surface area contributed by atoms with Gasteiger partial charge >= 0.3 is 0 Å². The minimum absolute atomic E-state index is 0.0906. The zero-order valence-electron chi connectivity index (χ0n) is 22.0. The van der Waals surface area contributed by atoms with Crippen LogP contribution in [0.2, 0.25) is 5.02 Å². The van der Waals surface area contributed by atoms with Gasteiger partial charge in [0.2, 0.25) is 5.91 Å². The number of hydrogen-bond donors (Lipinski definition) is 2. The Hall–Kier alpha value is -2.91. The van der Waals surface area contributed by atoms with E-state index >= 15 is 4.39 Å². The number of rotatable bonds is 8. The Labute approximate surface area is 237 Å². The van der Waals surface area contributed by atoms with Crippen LogP contribution in [0, 0.1) is 17.5 Å². The van der Waals surface area contributed by atoms with Gasteiger partial charge in [-0.2, -0.15) is 0 Å². The number of nitrogens with one attached hydrogen (secondary N) is 2. The first-order valence-corrected chi connectivity index (χ1v) is 13.9. The van der Waals surface area contributed by atoms with Gasteiger partial charge in [-0.05, 0) is 60.4 Å². The lowest BCUT2D eigenvalue weighted by atomic mass is 9.88. The molecule has 2 fully saturated rings. The van der Waals surface area contributed by atoms with Gasteiger partial charge in [0.1, 0.15) is 17.5 Å². The molecule has 5 rings (SSSR count). The number of hydrogen-bond acceptors (Lipinski definition) is 4. The molecule has 2 aliphatic rings. The fourth-order valence-corrected chi connectivity index (χ4v) is 5.74. The van der Waals surface area contributed by atoms with Gasteiger partial charge in [0.25, 0.3) is 0 Å². The second kappa shape index (κ2) is 12.7. The summed E-state index contributed by atoms with van der Waals surface area (Å²) in [6.45, 7) is 2.78. The number of carbonyl (C=O) groups is 1. The number of carbonyl (C=O) groups excluding carboxylic acids is 1. The highest BCUT2D eigenvalue weighted by atomic mass is 35.5. The zero-order valence-corrected chi connectivity index (χ0v) is 22.8. The maximum absolute atomic E-state index is 15.0. The van der Waals surface area contributed by atoms with Crippen molar-refractivity contribution in [1.29, 1.82) is 0 Å². The van der Waals surface area contributed by atoms with Crippen molar-refractivity contribution in [2.24, 2.45) is 0 Å². The molecule has 1 amide bonds. The summed E-state index contributed by atoms with van der Waals surface area (Å²) < 4.78 is 55.1. The summed E-state index contributed by atoms with van der Waals surface area (Å²) in [6.07, 6.45) is 2.39. The Bertz CT molecular complexity index is 1310. The Morgan fingerprint density at radius 2 is 1.75 bits per heavy atom. The van der Waals surface area contributed by atoms with Crippen LogP contribution in [0.25, 0.3) is 0 Å². The van der Waals surface area contributed by atoms with Crippen LogP contribution in [-0.2, 0) is 20.7 Å². The Balaban J connectivity index is 1.30. The van der Waals surface area contributed by atoms with E-state index in [2.05, 4.69) is 10.6 Å². The van der Waals surface area contributed by atoms with Gasteiger partial charge in [-0.15, -0.1) is 0 Å². The van der Waals surface area contributed by atoms with E-state index in [9.17, 15) is 13.6 Å². The molecular weight excluding hydrogens is 541 g/mol. The highest BCUT2D eigenvalue weighted by Crippen LogP contribution is 2.33. The van der Waals surface area contributed by atoms with E-state index < -0.39 is 29.3 Å². The van der Waals surface area contributed by atoms with Crippen LogP contribution in [0.3, 0.4) is 0 Å². The predicted octanol–water partition coefficient (Wildman–Crippen LogP) is 6.39. The highest BCUT2D eigenvalue weighted by Gasteiger charge is 2.38. The van der Waals surface area contributed by atoms with E-state index in [1.54, 1.807) is 36.4 Å². The normalized spacial score (nSPS) is 19.4. The molecule has 0 saturated carbocycles. The SMILES string of the molecule is O=C(C[C@@H](c1ccc(Cl)cc1)c1cc(F)cc(F)c1)Nc1cccc(F)c1CC[C@@H]1CNCC2(CCOCC2)O1. The van der Waals surface area contributed by atoms with E-state index in [1.807, 2.05) is 0 Å². The van der Waals surface area contributed by atoms with Crippen molar-refractivity contribution in [2.75, 3.05) is 31.6 Å². The van der Waals surface area contributed by atoms with Crippen LogP contribution < -0.4 is 10.6 Å². The topological polar surface area (TPSA) is 59.6 Å². The summed E-state index contributed by atoms with van der Waals surface area (Å²) in [5, 5.41) is 6.79. The van der Waals surface area contributed by atoms with Gasteiger partial charge < -0.3 is 20.1 Å². The monoisotopic (exact) mass is 572 g/mol. The summed E-state index contributed by atoms with van der Waals surface area (Å²) in [5.41, 5.74) is 1.51. The molecule has 2 heterocycles. The Morgan fingerprint density at radius 3 is 2.48 bits per heavy atom. The molecule has 3 aromatic rings. The van der Waals surface area contributed by atoms with Crippen molar-refractivity contribution >= 4 is 23.2 Å². The van der Waals surface area contributed by atoms with E-state index in [4.69, 9.17) is 21.1 Å². The molecule has 2 aliphatic heterocycles. The summed E-state index contributed by atoms with van der Waals surface area (Å²) in [4.78, 5) is 13.3. The van der Waals surface area contributed by atoms with Crippen molar-refractivity contribution in [3.05, 3.63) is 99.8 Å². The van der Waals surface area contributed by atoms with Crippen molar-refractivity contribution in [1.82, 2.24) is 5.32 Å². The minimum Gasteiger partial charge on any atom is -0.381 e. The van der Waals surface area contributed by atoms with Crippen LogP contribution in [0.4, 0.5) is 18.9 Å². The molecule has 2 saturated heterocycles. The predicted molar refractivity (Wildman–Crippen MR) is 148 cm³/mol. The lowest BCUT2D eigenvalue weighted by Crippen LogP contribution is -2.56. The van der Waals surface area contributed by atoms with E-state index in [0.29, 0.717) is 60.0 Å². The first-order chi connectivity index (χ1) is 19.3. The van der Waals surface area contributed by atoms with E-state index in [1.165, 1.54) is 18.2 Å². The van der Waals surface area contributed by atoms with Crippen LogP contribution in [0.5, 0.6) is 0 Å². The molecular formula is C31H32ClF3N2O3. The lowest BCUT2D eigenvalue weighted by Gasteiger charge is -2.44. The molecule has 9 heteroatoms. The third-order valence-electron chi connectivity index (χ3n) is 7.70. The van der Waals surface area contributed by atoms with Gasteiger partial charge in [0, 0.05) is 73.8 Å². The number of amides is 1. The van der Waals surface area contributed by atoms with Crippen LogP contribution >= 0.6 is 11.6 Å². The number of anilines is 1. The number of ether oxygens (including phenoxy) is 2. The minimum atomic E-state index is -0.733. The van der Waals surface area contributed by atoms with Crippen LogP contribution in [-0.4, -0.2) is 43.9 Å². The third kappa shape index (κ3) is 7.04. The van der Waals surface area contributed by atoms with Gasteiger partial charge in [-0.25, -0.2) is 13.2 Å². The largest absolute Gasteiger partial charge is 0.381 e. The van der Waals surface area contributed by atoms with Gasteiger partial charge in [-0.3, -0.25) is 4.79 Å². The molecule has 40 heavy (non-hydrogen) atoms. The summed E-state index contributed by atoms with van der Waals surface area (Å²) in [7, 11) is 0. The van der Waals surface area contributed by atoms with Crippen molar-refractivity contribution < 1.29 is 27.4 Å². The quantitative estimate of drug-likeness (QED) is 0.328. The molecule has 0 unspecified atom stereocenters. The molecule has 212 valence electrons. The van der Waals surface area contributed by atoms with Gasteiger partial charge in [0.15, 0.2) is 0 Å². The zero-order chi connectivity index (χ0) is 28.1. The fourth-order valence-electron chi connectivity index (χ4n) is 5.62. The molecule has 0 radical (unpaired) electrons. The maximum atomic E-state index is 15.0. The molecule has 5 nitrogen and oxygen atoms in total. The van der Waals surface area contributed by atoms with Gasteiger partial charge in [0.05, 0.1) is 11.7 Å². The van der Waals surface area contributed by atoms with E-state index in [-0.39, 0.29) is 18.1 Å². The number of halogens is 4. The average Bonchev–Trinajstić information content (AvgIpc) is 2.92. The summed E-state index contributed by atoms with van der Waals surface area (Å²) in [6, 6.07) is 14.6. The van der Waals surface area contributed by atoms with Crippen molar-refractivity contribution in [2.45, 2.75) is 49.7 Å². The first-order valence-electron chi connectivity index (χ1n) is 13.6. The van der Waals surface area contributed by atoms with Crippen molar-refractivity contribution in [3.8, 4) is 0 Å². The number of benzene rings is 3. The molecule has 0 bridgehead atoms. The summed E-state index contributed by atoms with van der Waals surface area (Å²) >= 11 is 6.03. The molecule has 1 spiro atoms. The second-order valence-corrected chi connectivity index (χ2v) is 11.0. The smallest absolute Gasteiger partial charge is 0.225 e. The molecule has 2 atom stereocenters. The highest BCUT2D eigenvalue weighted by molar-refractivity contribution is 6.30. The Morgan fingerprint density at radius 1 is 1.02 bits per heavy atom. The Kier molecular flexibility index (Phi) is 9.10. The molecule has 3 aromatic carbocycles. The molecule has 2 N–H and O–H groups in total. The average molecular weight is 573 g/mol. The van der Waals surface area contributed by atoms with E-state index in [0.717, 1.165) is 25.5 Å². The fraction of sp³-hybridized carbons (Fsp3) is 0.387. The standard InChI is InChI=1S/C31H32ClF3N2O3/c32-22-6-4-20(5-7-22)27(21-14-23(33)16-24(34)15-21)17-30(38)37-29-3-1-2-28(35)26(29)9-8-25-18-36-19-31(40-25)10-12-39-13-11-31/h1-7,14-16,25,27,36H,8-13,17-19H2,(H,37,38)/t25-,27+/m1/s1.